The number of nitrogens with zero attached hydrogens (tertiary/aromatic N) is 4. The quantitative estimate of drug-likeness (QED) is 0.809. The van der Waals surface area contributed by atoms with Gasteiger partial charge in [0.05, 0.1) is 24.6 Å². The minimum Gasteiger partial charge on any atom is -0.351 e. The van der Waals surface area contributed by atoms with Crippen molar-refractivity contribution in [2.24, 2.45) is 0 Å². The van der Waals surface area contributed by atoms with Crippen LogP contribution in [0.2, 0.25) is 0 Å². The van der Waals surface area contributed by atoms with Crippen molar-refractivity contribution in [3.8, 4) is 0 Å². The second kappa shape index (κ2) is 7.61. The molecule has 2 aromatic heterocycles. The van der Waals surface area contributed by atoms with Crippen LogP contribution in [0.25, 0.3) is 0 Å². The van der Waals surface area contributed by atoms with Gasteiger partial charge in [0.1, 0.15) is 5.82 Å². The first-order valence-corrected chi connectivity index (χ1v) is 8.66. The molecule has 24 heavy (non-hydrogen) atoms. The molecule has 1 atom stereocenters. The first-order chi connectivity index (χ1) is 11.6. The molecule has 0 saturated carbocycles. The Labute approximate surface area is 142 Å². The van der Waals surface area contributed by atoms with Gasteiger partial charge in [-0.1, -0.05) is 6.92 Å². The van der Waals surface area contributed by atoms with Crippen LogP contribution in [-0.2, 0) is 24.4 Å². The van der Waals surface area contributed by atoms with Crippen LogP contribution in [0.15, 0.2) is 18.6 Å². The summed E-state index contributed by atoms with van der Waals surface area (Å²) in [6, 6.07) is 0. The van der Waals surface area contributed by atoms with E-state index in [4.69, 9.17) is 0 Å². The molecule has 0 radical (unpaired) electrons. The summed E-state index contributed by atoms with van der Waals surface area (Å²) in [5.74, 6) is 1.43. The molecule has 1 fully saturated rings. The fourth-order valence-electron chi connectivity index (χ4n) is 3.19. The SMILES string of the molecule is CCCn1cc(CN2CC[C@@H](c3ncc(CNC(C)=O)[nH]3)C2)cn1. The third-order valence-corrected chi connectivity index (χ3v) is 4.38. The molecule has 3 heterocycles. The van der Waals surface area contributed by atoms with E-state index in [0.29, 0.717) is 12.5 Å². The van der Waals surface area contributed by atoms with E-state index in [2.05, 4.69) is 38.4 Å². The van der Waals surface area contributed by atoms with Crippen molar-refractivity contribution < 1.29 is 4.79 Å². The van der Waals surface area contributed by atoms with Crippen molar-refractivity contribution >= 4 is 5.91 Å². The van der Waals surface area contributed by atoms with Gasteiger partial charge in [-0.05, 0) is 19.4 Å². The Kier molecular flexibility index (Phi) is 5.30. The number of amides is 1. The van der Waals surface area contributed by atoms with Crippen molar-refractivity contribution in [2.75, 3.05) is 13.1 Å². The van der Waals surface area contributed by atoms with Crippen molar-refractivity contribution in [1.29, 1.82) is 0 Å². The van der Waals surface area contributed by atoms with Gasteiger partial charge in [0.15, 0.2) is 0 Å². The van der Waals surface area contributed by atoms with Gasteiger partial charge < -0.3 is 10.3 Å². The van der Waals surface area contributed by atoms with E-state index in [9.17, 15) is 4.79 Å². The Bertz CT molecular complexity index is 676. The molecule has 1 aliphatic heterocycles. The number of rotatable bonds is 7. The number of aromatic amines is 1. The van der Waals surface area contributed by atoms with Gasteiger partial charge in [-0.3, -0.25) is 14.4 Å². The third kappa shape index (κ3) is 4.23. The molecule has 7 nitrogen and oxygen atoms in total. The van der Waals surface area contributed by atoms with E-state index in [0.717, 1.165) is 50.5 Å². The summed E-state index contributed by atoms with van der Waals surface area (Å²) >= 11 is 0. The fraction of sp³-hybridized carbons (Fsp3) is 0.588. The Morgan fingerprint density at radius 1 is 1.46 bits per heavy atom. The van der Waals surface area contributed by atoms with E-state index in [1.807, 2.05) is 17.1 Å². The van der Waals surface area contributed by atoms with Crippen molar-refractivity contribution in [3.05, 3.63) is 35.7 Å². The molecular formula is C17H26N6O. The summed E-state index contributed by atoms with van der Waals surface area (Å²) in [5.41, 5.74) is 2.23. The molecule has 0 aliphatic carbocycles. The number of hydrogen-bond donors (Lipinski definition) is 2. The predicted octanol–water partition coefficient (Wildman–Crippen LogP) is 1.64. The number of carbonyl (C=O) groups is 1. The lowest BCUT2D eigenvalue weighted by atomic mass is 10.1. The fourth-order valence-corrected chi connectivity index (χ4v) is 3.19. The molecule has 0 bridgehead atoms. The molecule has 7 heteroatoms. The van der Waals surface area contributed by atoms with E-state index in [1.54, 1.807) is 0 Å². The van der Waals surface area contributed by atoms with Gasteiger partial charge in [0, 0.05) is 44.2 Å². The smallest absolute Gasteiger partial charge is 0.217 e. The number of likely N-dealkylation sites (tertiary alicyclic amines) is 1. The minimum absolute atomic E-state index is 0.0261. The predicted molar refractivity (Wildman–Crippen MR) is 91.3 cm³/mol. The number of H-pyrrole nitrogens is 1. The van der Waals surface area contributed by atoms with Crippen LogP contribution in [0.5, 0.6) is 0 Å². The summed E-state index contributed by atoms with van der Waals surface area (Å²) in [4.78, 5) is 21.3. The Hall–Kier alpha value is -2.15. The van der Waals surface area contributed by atoms with Gasteiger partial charge in [0.25, 0.3) is 0 Å². The zero-order chi connectivity index (χ0) is 16.9. The Balaban J connectivity index is 1.52. The summed E-state index contributed by atoms with van der Waals surface area (Å²) in [6.45, 7) is 8.20. The number of nitrogens with one attached hydrogen (secondary N) is 2. The standard InChI is InChI=1S/C17H26N6O/c1-3-5-23-11-14(7-20-23)10-22-6-4-15(12-22)17-19-9-16(21-17)8-18-13(2)24/h7,9,11,15H,3-6,8,10,12H2,1-2H3,(H,18,24)(H,19,21)/t15-/m1/s1. The number of hydrogen-bond acceptors (Lipinski definition) is 4. The lowest BCUT2D eigenvalue weighted by Crippen LogP contribution is -2.20. The number of carbonyl (C=O) groups excluding carboxylic acids is 1. The average Bonchev–Trinajstić information content (AvgIpc) is 3.27. The topological polar surface area (TPSA) is 78.8 Å². The molecule has 0 aromatic carbocycles. The zero-order valence-corrected chi connectivity index (χ0v) is 14.5. The minimum atomic E-state index is -0.0261. The summed E-state index contributed by atoms with van der Waals surface area (Å²) in [7, 11) is 0. The Morgan fingerprint density at radius 3 is 3.12 bits per heavy atom. The maximum atomic E-state index is 11.0. The van der Waals surface area contributed by atoms with Gasteiger partial charge in [-0.15, -0.1) is 0 Å². The van der Waals surface area contributed by atoms with Gasteiger partial charge >= 0.3 is 0 Å². The Morgan fingerprint density at radius 2 is 2.33 bits per heavy atom. The van der Waals surface area contributed by atoms with Crippen molar-refractivity contribution in [3.63, 3.8) is 0 Å². The molecule has 1 amide bonds. The normalized spacial score (nSPS) is 18.2. The van der Waals surface area contributed by atoms with Crippen LogP contribution in [0.4, 0.5) is 0 Å². The molecule has 1 aliphatic rings. The molecule has 3 rings (SSSR count). The van der Waals surface area contributed by atoms with E-state index in [-0.39, 0.29) is 5.91 Å². The van der Waals surface area contributed by atoms with Crippen LogP contribution in [0.3, 0.4) is 0 Å². The molecule has 2 N–H and O–H groups in total. The average molecular weight is 330 g/mol. The van der Waals surface area contributed by atoms with Crippen LogP contribution in [-0.4, -0.2) is 43.6 Å². The van der Waals surface area contributed by atoms with E-state index >= 15 is 0 Å². The lowest BCUT2D eigenvalue weighted by molar-refractivity contribution is -0.119. The summed E-state index contributed by atoms with van der Waals surface area (Å²) in [6.07, 6.45) is 8.15. The highest BCUT2D eigenvalue weighted by molar-refractivity contribution is 5.72. The van der Waals surface area contributed by atoms with Gasteiger partial charge in [-0.25, -0.2) is 4.98 Å². The maximum Gasteiger partial charge on any atom is 0.217 e. The van der Waals surface area contributed by atoms with E-state index in [1.165, 1.54) is 12.5 Å². The second-order valence-electron chi connectivity index (χ2n) is 6.54. The number of aryl methyl sites for hydroxylation is 1. The highest BCUT2D eigenvalue weighted by Crippen LogP contribution is 2.26. The highest BCUT2D eigenvalue weighted by Gasteiger charge is 2.26. The highest BCUT2D eigenvalue weighted by atomic mass is 16.1. The molecule has 130 valence electrons. The van der Waals surface area contributed by atoms with Gasteiger partial charge in [0.2, 0.25) is 5.91 Å². The molecule has 2 aromatic rings. The zero-order valence-electron chi connectivity index (χ0n) is 14.5. The molecule has 0 spiro atoms. The molecule has 0 unspecified atom stereocenters. The summed E-state index contributed by atoms with van der Waals surface area (Å²) < 4.78 is 2.02. The van der Waals surface area contributed by atoms with Crippen molar-refractivity contribution in [2.45, 2.75) is 52.2 Å². The first kappa shape index (κ1) is 16.7. The molecular weight excluding hydrogens is 304 g/mol. The maximum absolute atomic E-state index is 11.0. The molecule has 1 saturated heterocycles. The van der Waals surface area contributed by atoms with Crippen LogP contribution >= 0.6 is 0 Å². The van der Waals surface area contributed by atoms with Gasteiger partial charge in [-0.2, -0.15) is 5.10 Å². The van der Waals surface area contributed by atoms with Crippen LogP contribution < -0.4 is 5.32 Å². The third-order valence-electron chi connectivity index (χ3n) is 4.38. The van der Waals surface area contributed by atoms with Crippen LogP contribution in [0.1, 0.15) is 49.7 Å². The first-order valence-electron chi connectivity index (χ1n) is 8.66. The van der Waals surface area contributed by atoms with Crippen LogP contribution in [0, 0.1) is 0 Å². The largest absolute Gasteiger partial charge is 0.351 e. The number of imidazole rings is 1. The summed E-state index contributed by atoms with van der Waals surface area (Å²) in [5, 5.41) is 7.19. The second-order valence-corrected chi connectivity index (χ2v) is 6.54. The monoisotopic (exact) mass is 330 g/mol. The van der Waals surface area contributed by atoms with Crippen molar-refractivity contribution in [1.82, 2.24) is 30.0 Å². The number of aromatic nitrogens is 4. The van der Waals surface area contributed by atoms with E-state index < -0.39 is 0 Å². The lowest BCUT2D eigenvalue weighted by Gasteiger charge is -2.14.